The van der Waals surface area contributed by atoms with Crippen LogP contribution in [0.4, 0.5) is 20.4 Å². The summed E-state index contributed by atoms with van der Waals surface area (Å²) in [5.41, 5.74) is 5.62. The van der Waals surface area contributed by atoms with Gasteiger partial charge in [-0.25, -0.2) is 13.5 Å². The van der Waals surface area contributed by atoms with Gasteiger partial charge in [0.15, 0.2) is 5.82 Å². The van der Waals surface area contributed by atoms with Crippen molar-refractivity contribution >= 4 is 34.0 Å². The van der Waals surface area contributed by atoms with E-state index < -0.39 is 28.6 Å². The van der Waals surface area contributed by atoms with Crippen LogP contribution in [0.5, 0.6) is 0 Å². The molecule has 1 atom stereocenters. The zero-order valence-corrected chi connectivity index (χ0v) is 15.6. The van der Waals surface area contributed by atoms with Crippen molar-refractivity contribution in [3.05, 3.63) is 51.4 Å². The molecule has 0 aliphatic heterocycles. The number of hydrogen-bond donors (Lipinski definition) is 3. The molecular formula is C17H19F2N5O2S. The number of anilines is 2. The molecule has 4 N–H and O–H groups in total. The highest BCUT2D eigenvalue weighted by Gasteiger charge is 2.20. The Morgan fingerprint density at radius 2 is 2.15 bits per heavy atom. The standard InChI is InChI=1S/C17H19F2N5O2S/c1-3-6-27(26)23-12-5-4-11(18)10(14(12)19)7-9-8-21-15-13(9)16(25)24(2)17(20)22-15/h4-5,8,21,23H,3,6-7H2,1-2H3,(H2,20,22). The first-order valence-electron chi connectivity index (χ1n) is 8.27. The molecule has 144 valence electrons. The number of nitrogens with two attached hydrogens (primary N) is 1. The Labute approximate surface area is 156 Å². The third kappa shape index (κ3) is 3.62. The molecule has 10 heteroatoms. The third-order valence-electron chi connectivity index (χ3n) is 4.20. The van der Waals surface area contributed by atoms with Gasteiger partial charge in [-0.15, -0.1) is 0 Å². The van der Waals surface area contributed by atoms with E-state index in [0.717, 1.165) is 10.6 Å². The van der Waals surface area contributed by atoms with Crippen LogP contribution in [0, 0.1) is 11.6 Å². The Hall–Kier alpha value is -2.59. The first-order chi connectivity index (χ1) is 12.8. The maximum absolute atomic E-state index is 14.8. The van der Waals surface area contributed by atoms with Crippen molar-refractivity contribution in [3.63, 3.8) is 0 Å². The van der Waals surface area contributed by atoms with Crippen LogP contribution in [-0.2, 0) is 24.8 Å². The van der Waals surface area contributed by atoms with Crippen LogP contribution in [0.1, 0.15) is 24.5 Å². The van der Waals surface area contributed by atoms with E-state index in [0.29, 0.717) is 17.7 Å². The average molecular weight is 395 g/mol. The van der Waals surface area contributed by atoms with Crippen molar-refractivity contribution in [1.29, 1.82) is 0 Å². The predicted octanol–water partition coefficient (Wildman–Crippen LogP) is 2.20. The molecule has 0 aliphatic carbocycles. The molecule has 0 bridgehead atoms. The molecule has 0 saturated heterocycles. The molecule has 27 heavy (non-hydrogen) atoms. The number of fused-ring (bicyclic) bond motifs is 1. The summed E-state index contributed by atoms with van der Waals surface area (Å²) in [6.45, 7) is 1.85. The lowest BCUT2D eigenvalue weighted by atomic mass is 10.0. The van der Waals surface area contributed by atoms with E-state index in [2.05, 4.69) is 14.7 Å². The van der Waals surface area contributed by atoms with E-state index in [-0.39, 0.29) is 34.7 Å². The monoisotopic (exact) mass is 395 g/mol. The maximum atomic E-state index is 14.8. The van der Waals surface area contributed by atoms with Crippen molar-refractivity contribution in [3.8, 4) is 0 Å². The molecular weight excluding hydrogens is 376 g/mol. The lowest BCUT2D eigenvalue weighted by Gasteiger charge is -2.14. The minimum absolute atomic E-state index is 0.0304. The van der Waals surface area contributed by atoms with E-state index in [4.69, 9.17) is 5.73 Å². The zero-order valence-electron chi connectivity index (χ0n) is 14.8. The number of nitrogen functional groups attached to an aromatic ring is 1. The lowest BCUT2D eigenvalue weighted by Crippen LogP contribution is -2.21. The number of hydrogen-bond acceptors (Lipinski definition) is 5. The summed E-state index contributed by atoms with van der Waals surface area (Å²) in [6, 6.07) is 2.31. The SMILES string of the molecule is CCC[S+]([O-])Nc1ccc(F)c(Cc2c[nH]c3nc(N)n(C)c(=O)c23)c1F. The summed E-state index contributed by atoms with van der Waals surface area (Å²) in [4.78, 5) is 19.3. The second-order valence-corrected chi connectivity index (χ2v) is 7.39. The fourth-order valence-electron chi connectivity index (χ4n) is 2.77. The quantitative estimate of drug-likeness (QED) is 0.554. The summed E-state index contributed by atoms with van der Waals surface area (Å²) in [6.07, 6.45) is 1.96. The number of benzene rings is 1. The Kier molecular flexibility index (Phi) is 5.38. The number of H-pyrrole nitrogens is 1. The topological polar surface area (TPSA) is 112 Å². The number of halogens is 2. The predicted molar refractivity (Wildman–Crippen MR) is 102 cm³/mol. The van der Waals surface area contributed by atoms with Gasteiger partial charge in [0.25, 0.3) is 5.56 Å². The lowest BCUT2D eigenvalue weighted by molar-refractivity contribution is 0.563. The van der Waals surface area contributed by atoms with E-state index in [1.165, 1.54) is 19.3 Å². The van der Waals surface area contributed by atoms with Gasteiger partial charge < -0.3 is 15.3 Å². The number of aromatic amines is 1. The van der Waals surface area contributed by atoms with Gasteiger partial charge in [-0.1, -0.05) is 6.92 Å². The Bertz CT molecular complexity index is 1050. The van der Waals surface area contributed by atoms with Gasteiger partial charge in [-0.3, -0.25) is 9.36 Å². The molecule has 1 aromatic carbocycles. The van der Waals surface area contributed by atoms with Crippen LogP contribution < -0.4 is 16.0 Å². The van der Waals surface area contributed by atoms with Gasteiger partial charge in [0.1, 0.15) is 22.9 Å². The number of aromatic nitrogens is 3. The second kappa shape index (κ2) is 7.57. The van der Waals surface area contributed by atoms with Gasteiger partial charge >= 0.3 is 0 Å². The van der Waals surface area contributed by atoms with Crippen molar-refractivity contribution in [2.45, 2.75) is 19.8 Å². The first-order valence-corrected chi connectivity index (χ1v) is 9.59. The van der Waals surface area contributed by atoms with Crippen LogP contribution in [0.15, 0.2) is 23.1 Å². The highest BCUT2D eigenvalue weighted by molar-refractivity contribution is 7.92. The smallest absolute Gasteiger partial charge is 0.264 e. The van der Waals surface area contributed by atoms with Gasteiger partial charge in [0.05, 0.1) is 16.7 Å². The molecule has 0 fully saturated rings. The third-order valence-corrected chi connectivity index (χ3v) is 5.42. The van der Waals surface area contributed by atoms with Gasteiger partial charge in [0, 0.05) is 25.2 Å². The van der Waals surface area contributed by atoms with Crippen LogP contribution in [-0.4, -0.2) is 24.8 Å². The summed E-state index contributed by atoms with van der Waals surface area (Å²) in [7, 11) is 1.47. The van der Waals surface area contributed by atoms with E-state index in [1.54, 1.807) is 0 Å². The molecule has 0 amide bonds. The molecule has 0 aliphatic rings. The van der Waals surface area contributed by atoms with Crippen LogP contribution in [0.25, 0.3) is 11.0 Å². The second-order valence-electron chi connectivity index (χ2n) is 6.09. The highest BCUT2D eigenvalue weighted by atomic mass is 32.2. The molecule has 0 saturated carbocycles. The molecule has 3 rings (SSSR count). The van der Waals surface area contributed by atoms with Crippen molar-refractivity contribution in [2.24, 2.45) is 7.05 Å². The molecule has 0 radical (unpaired) electrons. The number of nitrogens with one attached hydrogen (secondary N) is 2. The van der Waals surface area contributed by atoms with Crippen LogP contribution in [0.2, 0.25) is 0 Å². The van der Waals surface area contributed by atoms with Crippen molar-refractivity contribution < 1.29 is 13.3 Å². The van der Waals surface area contributed by atoms with Crippen molar-refractivity contribution in [2.75, 3.05) is 16.2 Å². The molecule has 7 nitrogen and oxygen atoms in total. The number of nitrogens with zero attached hydrogens (tertiary/aromatic N) is 2. The van der Waals surface area contributed by atoms with Crippen molar-refractivity contribution in [1.82, 2.24) is 14.5 Å². The average Bonchev–Trinajstić information content (AvgIpc) is 3.02. The summed E-state index contributed by atoms with van der Waals surface area (Å²) in [5.74, 6) is -1.22. The minimum atomic E-state index is -1.46. The molecule has 1 unspecified atom stereocenters. The highest BCUT2D eigenvalue weighted by Crippen LogP contribution is 2.26. The molecule has 3 aromatic rings. The Balaban J connectivity index is 2.02. The fourth-order valence-corrected chi connectivity index (χ4v) is 3.64. The largest absolute Gasteiger partial charge is 0.593 e. The van der Waals surface area contributed by atoms with Crippen LogP contribution in [0.3, 0.4) is 0 Å². The number of rotatable bonds is 6. The van der Waals surface area contributed by atoms with Gasteiger partial charge in [-0.2, -0.15) is 4.98 Å². The minimum Gasteiger partial charge on any atom is -0.593 e. The van der Waals surface area contributed by atoms with Crippen LogP contribution >= 0.6 is 0 Å². The van der Waals surface area contributed by atoms with E-state index >= 15 is 0 Å². The maximum Gasteiger partial charge on any atom is 0.264 e. The molecule has 0 spiro atoms. The summed E-state index contributed by atoms with van der Waals surface area (Å²) < 4.78 is 44.6. The molecule has 2 heterocycles. The first kappa shape index (κ1) is 19.2. The summed E-state index contributed by atoms with van der Waals surface area (Å²) >= 11 is -1.46. The Morgan fingerprint density at radius 3 is 2.85 bits per heavy atom. The summed E-state index contributed by atoms with van der Waals surface area (Å²) in [5, 5.41) is 0.221. The fraction of sp³-hybridized carbons (Fsp3) is 0.294. The zero-order chi connectivity index (χ0) is 19.7. The van der Waals surface area contributed by atoms with E-state index in [1.807, 2.05) is 6.92 Å². The van der Waals surface area contributed by atoms with Gasteiger partial charge in [0.2, 0.25) is 5.95 Å². The molecule has 2 aromatic heterocycles. The Morgan fingerprint density at radius 1 is 1.41 bits per heavy atom. The normalized spacial score (nSPS) is 12.5. The van der Waals surface area contributed by atoms with Gasteiger partial charge in [-0.05, 0) is 24.1 Å². The van der Waals surface area contributed by atoms with E-state index in [9.17, 15) is 18.1 Å².